The van der Waals surface area contributed by atoms with Crippen molar-refractivity contribution in [2.24, 2.45) is 11.8 Å². The van der Waals surface area contributed by atoms with Crippen LogP contribution in [0, 0.1) is 11.8 Å². The van der Waals surface area contributed by atoms with Crippen molar-refractivity contribution < 1.29 is 80.2 Å². The van der Waals surface area contributed by atoms with E-state index in [1.54, 1.807) is 0 Å². The number of rotatable bonds is 86. The minimum Gasteiger partial charge on any atom is -0.462 e. The lowest BCUT2D eigenvalue weighted by atomic mass is 10.0. The van der Waals surface area contributed by atoms with Gasteiger partial charge >= 0.3 is 39.5 Å². The fourth-order valence-corrected chi connectivity index (χ4v) is 15.2. The number of carbonyl (C=O) groups is 4. The summed E-state index contributed by atoms with van der Waals surface area (Å²) >= 11 is 0. The van der Waals surface area contributed by atoms with Crippen LogP contribution in [0.25, 0.3) is 0 Å². The van der Waals surface area contributed by atoms with Crippen molar-refractivity contribution in [2.45, 2.75) is 484 Å². The molecule has 0 fully saturated rings. The molecule has 630 valence electrons. The number of ether oxygens (including phenoxy) is 4. The summed E-state index contributed by atoms with van der Waals surface area (Å²) in [7, 11) is -9.92. The molecule has 106 heavy (non-hydrogen) atoms. The molecular formula is C87H170O17P2. The fraction of sp³-hybridized carbons (Fsp3) is 0.954. The van der Waals surface area contributed by atoms with E-state index in [2.05, 4.69) is 41.5 Å². The van der Waals surface area contributed by atoms with Crippen LogP contribution in [0.15, 0.2) is 0 Å². The average molecular weight is 1550 g/mol. The predicted molar refractivity (Wildman–Crippen MR) is 437 cm³/mol. The van der Waals surface area contributed by atoms with Crippen molar-refractivity contribution in [3.05, 3.63) is 0 Å². The Bertz CT molecular complexity index is 2030. The summed E-state index contributed by atoms with van der Waals surface area (Å²) in [6.45, 7) is 9.71. The molecule has 0 rings (SSSR count). The second kappa shape index (κ2) is 78.3. The molecule has 0 aromatic heterocycles. The second-order valence-corrected chi connectivity index (χ2v) is 35.1. The van der Waals surface area contributed by atoms with Gasteiger partial charge in [0.1, 0.15) is 19.3 Å². The summed E-state index contributed by atoms with van der Waals surface area (Å²) in [6.07, 6.45) is 71.1. The highest BCUT2D eigenvalue weighted by Crippen LogP contribution is 2.45. The SMILES string of the molecule is CCCCCCCCCCCCCCCCCCCC(=O)O[C@H](COC(=O)CCCCCCCCC)COP(=O)(O)OC[C@H](O)COP(=O)(O)OC[C@@H](COC(=O)CCCCCCCCCCCCCCCCCCCCC(C)C)OC(=O)CCCCCCCCCCCCCCCCCCCCC(C)C. The lowest BCUT2D eigenvalue weighted by molar-refractivity contribution is -0.161. The minimum absolute atomic E-state index is 0.108. The number of aliphatic hydroxyl groups excluding tert-OH is 1. The van der Waals surface area contributed by atoms with Crippen LogP contribution in [0.1, 0.15) is 465 Å². The Labute approximate surface area is 651 Å². The molecule has 2 unspecified atom stereocenters. The first kappa shape index (κ1) is 104. The Morgan fingerprint density at radius 3 is 0.642 bits per heavy atom. The molecular weight excluding hydrogens is 1380 g/mol. The zero-order valence-corrected chi connectivity index (χ0v) is 71.5. The average Bonchev–Trinajstić information content (AvgIpc) is 0.903. The van der Waals surface area contributed by atoms with Crippen molar-refractivity contribution in [2.75, 3.05) is 39.6 Å². The number of hydrogen-bond acceptors (Lipinski definition) is 15. The third kappa shape index (κ3) is 80.1. The largest absolute Gasteiger partial charge is 0.472 e. The van der Waals surface area contributed by atoms with Crippen LogP contribution in [0.3, 0.4) is 0 Å². The van der Waals surface area contributed by atoms with Crippen LogP contribution >= 0.6 is 15.6 Å². The topological polar surface area (TPSA) is 237 Å². The summed E-state index contributed by atoms with van der Waals surface area (Å²) < 4.78 is 68.8. The molecule has 5 atom stereocenters. The van der Waals surface area contributed by atoms with E-state index in [1.165, 1.54) is 270 Å². The number of phosphoric acid groups is 2. The molecule has 0 spiro atoms. The van der Waals surface area contributed by atoms with Gasteiger partial charge in [-0.15, -0.1) is 0 Å². The maximum absolute atomic E-state index is 13.1. The number of unbranched alkanes of at least 4 members (excludes halogenated alkanes) is 56. The van der Waals surface area contributed by atoms with Gasteiger partial charge in [0.25, 0.3) is 0 Å². The Hall–Kier alpha value is -1.94. The highest BCUT2D eigenvalue weighted by Gasteiger charge is 2.30. The Morgan fingerprint density at radius 1 is 0.255 bits per heavy atom. The third-order valence-electron chi connectivity index (χ3n) is 20.5. The molecule has 0 aliphatic heterocycles. The van der Waals surface area contributed by atoms with Gasteiger partial charge in [0, 0.05) is 25.7 Å². The molecule has 0 heterocycles. The van der Waals surface area contributed by atoms with Crippen molar-refractivity contribution >= 4 is 39.5 Å². The maximum Gasteiger partial charge on any atom is 0.472 e. The van der Waals surface area contributed by atoms with Gasteiger partial charge in [-0.2, -0.15) is 0 Å². The zero-order chi connectivity index (χ0) is 77.8. The van der Waals surface area contributed by atoms with Crippen molar-refractivity contribution in [3.8, 4) is 0 Å². The predicted octanol–water partition coefficient (Wildman–Crippen LogP) is 26.6. The quantitative estimate of drug-likeness (QED) is 0.0222. The first-order valence-corrected chi connectivity index (χ1v) is 48.0. The summed E-state index contributed by atoms with van der Waals surface area (Å²) in [5.74, 6) is -0.462. The Balaban J connectivity index is 5.15. The fourth-order valence-electron chi connectivity index (χ4n) is 13.6. The molecule has 17 nitrogen and oxygen atoms in total. The van der Waals surface area contributed by atoms with E-state index >= 15 is 0 Å². The molecule has 0 amide bonds. The molecule has 0 saturated carbocycles. The molecule has 0 radical (unpaired) electrons. The van der Waals surface area contributed by atoms with Gasteiger partial charge in [-0.3, -0.25) is 37.3 Å². The second-order valence-electron chi connectivity index (χ2n) is 32.2. The number of esters is 4. The van der Waals surface area contributed by atoms with Gasteiger partial charge in [0.05, 0.1) is 26.4 Å². The molecule has 19 heteroatoms. The van der Waals surface area contributed by atoms with E-state index in [1.807, 2.05) is 0 Å². The summed E-state index contributed by atoms with van der Waals surface area (Å²) in [4.78, 5) is 73.1. The molecule has 0 bridgehead atoms. The number of aliphatic hydroxyl groups is 1. The van der Waals surface area contributed by atoms with Crippen LogP contribution in [-0.2, 0) is 65.4 Å². The van der Waals surface area contributed by atoms with Crippen LogP contribution in [0.5, 0.6) is 0 Å². The van der Waals surface area contributed by atoms with Gasteiger partial charge in [0.2, 0.25) is 0 Å². The van der Waals surface area contributed by atoms with Crippen LogP contribution in [0.2, 0.25) is 0 Å². The highest BCUT2D eigenvalue weighted by molar-refractivity contribution is 7.47. The lowest BCUT2D eigenvalue weighted by Gasteiger charge is -2.21. The molecule has 3 N–H and O–H groups in total. The Morgan fingerprint density at radius 2 is 0.434 bits per heavy atom. The van der Waals surface area contributed by atoms with Gasteiger partial charge in [0.15, 0.2) is 12.2 Å². The van der Waals surface area contributed by atoms with Gasteiger partial charge in [-0.1, -0.05) is 414 Å². The molecule has 0 aromatic rings. The third-order valence-corrected chi connectivity index (χ3v) is 22.4. The summed E-state index contributed by atoms with van der Waals surface area (Å²) in [6, 6.07) is 0. The van der Waals surface area contributed by atoms with E-state index in [4.69, 9.17) is 37.0 Å². The summed E-state index contributed by atoms with van der Waals surface area (Å²) in [5.41, 5.74) is 0. The standard InChI is InChI=1S/C87H170O17P2/c1-7-9-11-13-15-16-17-18-19-24-32-37-42-47-53-59-65-71-86(91)103-82(75-97-84(89)69-63-57-49-14-12-10-8-2)77-101-105(93,94)99-73-81(88)74-100-106(95,96)102-78-83(104-87(92)72-66-60-54-48-43-38-33-28-23-21-26-30-35-40-45-51-56-62-68-80(5)6)76-98-85(90)70-64-58-52-46-41-36-31-27-22-20-25-29-34-39-44-50-55-61-67-79(3)4/h79-83,88H,7-78H2,1-6H3,(H,93,94)(H,95,96)/t81-,82+,83+/m0/s1. The molecule has 0 saturated heterocycles. The van der Waals surface area contributed by atoms with Crippen LogP contribution in [-0.4, -0.2) is 96.7 Å². The number of hydrogen-bond donors (Lipinski definition) is 3. The van der Waals surface area contributed by atoms with Crippen LogP contribution < -0.4 is 0 Å². The highest BCUT2D eigenvalue weighted by atomic mass is 31.2. The zero-order valence-electron chi connectivity index (χ0n) is 69.7. The number of phosphoric ester groups is 2. The normalized spacial score (nSPS) is 13.8. The number of carbonyl (C=O) groups excluding carboxylic acids is 4. The van der Waals surface area contributed by atoms with Gasteiger partial charge < -0.3 is 33.8 Å². The van der Waals surface area contributed by atoms with Crippen molar-refractivity contribution in [1.29, 1.82) is 0 Å². The lowest BCUT2D eigenvalue weighted by Crippen LogP contribution is -2.30. The van der Waals surface area contributed by atoms with E-state index < -0.39 is 97.5 Å². The first-order chi connectivity index (χ1) is 51.4. The maximum atomic E-state index is 13.1. The first-order valence-electron chi connectivity index (χ1n) is 45.0. The van der Waals surface area contributed by atoms with Gasteiger partial charge in [-0.05, 0) is 37.5 Å². The van der Waals surface area contributed by atoms with Crippen molar-refractivity contribution in [1.82, 2.24) is 0 Å². The van der Waals surface area contributed by atoms with E-state index in [0.29, 0.717) is 25.7 Å². The van der Waals surface area contributed by atoms with E-state index in [9.17, 15) is 43.2 Å². The molecule has 0 aliphatic carbocycles. The van der Waals surface area contributed by atoms with Gasteiger partial charge in [-0.25, -0.2) is 9.13 Å². The summed E-state index contributed by atoms with van der Waals surface area (Å²) in [5, 5.41) is 10.7. The smallest absolute Gasteiger partial charge is 0.462 e. The van der Waals surface area contributed by atoms with Crippen LogP contribution in [0.4, 0.5) is 0 Å². The molecule has 0 aromatic carbocycles. The van der Waals surface area contributed by atoms with E-state index in [0.717, 1.165) is 115 Å². The molecule has 0 aliphatic rings. The minimum atomic E-state index is -4.97. The van der Waals surface area contributed by atoms with Crippen molar-refractivity contribution in [3.63, 3.8) is 0 Å². The monoisotopic (exact) mass is 1550 g/mol. The van der Waals surface area contributed by atoms with E-state index in [-0.39, 0.29) is 25.7 Å². The Kier molecular flexibility index (Phi) is 76.9.